The Morgan fingerprint density at radius 2 is 1.68 bits per heavy atom. The number of urea groups is 1. The van der Waals surface area contributed by atoms with E-state index in [0.717, 1.165) is 44.1 Å². The summed E-state index contributed by atoms with van der Waals surface area (Å²) in [6, 6.07) is 11.9. The molecule has 0 bridgehead atoms. The Hall–Kier alpha value is -2.27. The van der Waals surface area contributed by atoms with Gasteiger partial charge in [-0.25, -0.2) is 4.79 Å². The zero-order valence-corrected chi connectivity index (χ0v) is 12.9. The smallest absolute Gasteiger partial charge is 0.321 e. The van der Waals surface area contributed by atoms with Crippen LogP contribution < -0.4 is 5.32 Å². The summed E-state index contributed by atoms with van der Waals surface area (Å²) >= 11 is 0. The number of nitrogens with zero attached hydrogens (tertiary/aromatic N) is 3. The van der Waals surface area contributed by atoms with E-state index in [4.69, 9.17) is 0 Å². The SMILES string of the molecule is CCN1CCN(C(=O)Nc2ccc(-n3cccc3)cc2)CC1. The lowest BCUT2D eigenvalue weighted by atomic mass is 10.2. The minimum absolute atomic E-state index is 0.00975. The molecule has 5 nitrogen and oxygen atoms in total. The van der Waals surface area contributed by atoms with Crippen LogP contribution in [0.1, 0.15) is 6.92 Å². The minimum Gasteiger partial charge on any atom is -0.324 e. The van der Waals surface area contributed by atoms with Crippen LogP contribution in [0.4, 0.5) is 10.5 Å². The standard InChI is InChI=1S/C17H22N4O/c1-2-19-11-13-21(14-12-19)17(22)18-15-5-7-16(8-6-15)20-9-3-4-10-20/h3-10H,2,11-14H2,1H3,(H,18,22). The van der Waals surface area contributed by atoms with E-state index in [2.05, 4.69) is 17.1 Å². The highest BCUT2D eigenvalue weighted by Crippen LogP contribution is 2.14. The monoisotopic (exact) mass is 298 g/mol. The summed E-state index contributed by atoms with van der Waals surface area (Å²) in [5, 5.41) is 2.98. The van der Waals surface area contributed by atoms with Gasteiger partial charge in [-0.1, -0.05) is 6.92 Å². The lowest BCUT2D eigenvalue weighted by molar-refractivity contribution is 0.151. The van der Waals surface area contributed by atoms with Crippen LogP contribution in [0, 0.1) is 0 Å². The number of likely N-dealkylation sites (N-methyl/N-ethyl adjacent to an activating group) is 1. The number of carbonyl (C=O) groups is 1. The molecule has 0 aliphatic carbocycles. The molecule has 1 aliphatic heterocycles. The molecule has 0 radical (unpaired) electrons. The van der Waals surface area contributed by atoms with Gasteiger partial charge in [0, 0.05) is 49.9 Å². The third-order valence-corrected chi connectivity index (χ3v) is 4.13. The van der Waals surface area contributed by atoms with Crippen LogP contribution in [0.15, 0.2) is 48.8 Å². The highest BCUT2D eigenvalue weighted by molar-refractivity contribution is 5.89. The minimum atomic E-state index is -0.00975. The lowest BCUT2D eigenvalue weighted by Crippen LogP contribution is -2.49. The van der Waals surface area contributed by atoms with Crippen molar-refractivity contribution in [3.63, 3.8) is 0 Å². The molecule has 1 fully saturated rings. The molecule has 0 unspecified atom stereocenters. The molecule has 5 heteroatoms. The first-order valence-corrected chi connectivity index (χ1v) is 7.78. The van der Waals surface area contributed by atoms with Crippen molar-refractivity contribution >= 4 is 11.7 Å². The number of rotatable bonds is 3. The van der Waals surface area contributed by atoms with Gasteiger partial charge in [-0.2, -0.15) is 0 Å². The van der Waals surface area contributed by atoms with E-state index in [0.29, 0.717) is 0 Å². The Morgan fingerprint density at radius 1 is 1.05 bits per heavy atom. The maximum atomic E-state index is 12.3. The van der Waals surface area contributed by atoms with Gasteiger partial charge in [0.15, 0.2) is 0 Å². The highest BCUT2D eigenvalue weighted by Gasteiger charge is 2.19. The summed E-state index contributed by atoms with van der Waals surface area (Å²) in [6.45, 7) is 6.70. The molecule has 0 saturated carbocycles. The topological polar surface area (TPSA) is 40.5 Å². The molecule has 22 heavy (non-hydrogen) atoms. The molecular formula is C17H22N4O. The van der Waals surface area contributed by atoms with Gasteiger partial charge in [0.25, 0.3) is 0 Å². The van der Waals surface area contributed by atoms with Gasteiger partial charge in [0.05, 0.1) is 0 Å². The maximum Gasteiger partial charge on any atom is 0.321 e. The fourth-order valence-corrected chi connectivity index (χ4v) is 2.69. The molecule has 116 valence electrons. The average molecular weight is 298 g/mol. The molecule has 1 aromatic heterocycles. The van der Waals surface area contributed by atoms with E-state index >= 15 is 0 Å². The van der Waals surface area contributed by atoms with Gasteiger partial charge in [0.2, 0.25) is 0 Å². The largest absolute Gasteiger partial charge is 0.324 e. The molecule has 2 heterocycles. The Labute approximate surface area is 131 Å². The number of amides is 2. The number of carbonyl (C=O) groups excluding carboxylic acids is 1. The molecule has 1 aliphatic rings. The van der Waals surface area contributed by atoms with Crippen molar-refractivity contribution in [2.75, 3.05) is 38.0 Å². The second-order valence-electron chi connectivity index (χ2n) is 5.49. The molecule has 2 amide bonds. The third-order valence-electron chi connectivity index (χ3n) is 4.13. The summed E-state index contributed by atoms with van der Waals surface area (Å²) in [4.78, 5) is 16.5. The third kappa shape index (κ3) is 3.31. The van der Waals surface area contributed by atoms with Crippen molar-refractivity contribution < 1.29 is 4.79 Å². The zero-order chi connectivity index (χ0) is 15.4. The van der Waals surface area contributed by atoms with E-state index in [-0.39, 0.29) is 6.03 Å². The number of benzene rings is 1. The van der Waals surface area contributed by atoms with Crippen molar-refractivity contribution in [2.24, 2.45) is 0 Å². The Morgan fingerprint density at radius 3 is 2.27 bits per heavy atom. The van der Waals surface area contributed by atoms with E-state index in [1.807, 2.05) is 58.3 Å². The molecule has 1 saturated heterocycles. The van der Waals surface area contributed by atoms with Crippen LogP contribution in [0.25, 0.3) is 5.69 Å². The van der Waals surface area contributed by atoms with Gasteiger partial charge >= 0.3 is 6.03 Å². The van der Waals surface area contributed by atoms with Crippen LogP contribution in [0.3, 0.4) is 0 Å². The summed E-state index contributed by atoms with van der Waals surface area (Å²) in [5.74, 6) is 0. The van der Waals surface area contributed by atoms with E-state index < -0.39 is 0 Å². The molecule has 0 spiro atoms. The van der Waals surface area contributed by atoms with Crippen LogP contribution in [0.5, 0.6) is 0 Å². The highest BCUT2D eigenvalue weighted by atomic mass is 16.2. The van der Waals surface area contributed by atoms with E-state index in [1.54, 1.807) is 0 Å². The molecule has 3 rings (SSSR count). The van der Waals surface area contributed by atoms with Crippen molar-refractivity contribution in [1.29, 1.82) is 0 Å². The molecule has 1 N–H and O–H groups in total. The van der Waals surface area contributed by atoms with Gasteiger partial charge in [-0.3, -0.25) is 0 Å². The first-order valence-electron chi connectivity index (χ1n) is 7.78. The number of hydrogen-bond donors (Lipinski definition) is 1. The maximum absolute atomic E-state index is 12.3. The normalized spacial score (nSPS) is 15.8. The molecule has 2 aromatic rings. The predicted molar refractivity (Wildman–Crippen MR) is 88.5 cm³/mol. The number of anilines is 1. The Bertz CT molecular complexity index is 598. The number of nitrogens with one attached hydrogen (secondary N) is 1. The quantitative estimate of drug-likeness (QED) is 0.946. The van der Waals surface area contributed by atoms with Crippen molar-refractivity contribution in [2.45, 2.75) is 6.92 Å². The molecule has 1 aromatic carbocycles. The lowest BCUT2D eigenvalue weighted by Gasteiger charge is -2.33. The number of piperazine rings is 1. The second kappa shape index (κ2) is 6.66. The Kier molecular flexibility index (Phi) is 4.44. The predicted octanol–water partition coefficient (Wildman–Crippen LogP) is 2.65. The first-order chi connectivity index (χ1) is 10.8. The van der Waals surface area contributed by atoms with Crippen LogP contribution >= 0.6 is 0 Å². The van der Waals surface area contributed by atoms with Gasteiger partial charge in [0.1, 0.15) is 0 Å². The fraction of sp³-hybridized carbons (Fsp3) is 0.353. The summed E-state index contributed by atoms with van der Waals surface area (Å²) < 4.78 is 2.04. The number of hydrogen-bond acceptors (Lipinski definition) is 2. The van der Waals surface area contributed by atoms with Crippen LogP contribution in [0.2, 0.25) is 0 Å². The van der Waals surface area contributed by atoms with E-state index in [1.165, 1.54) is 0 Å². The zero-order valence-electron chi connectivity index (χ0n) is 12.9. The second-order valence-corrected chi connectivity index (χ2v) is 5.49. The molecule has 0 atom stereocenters. The molecular weight excluding hydrogens is 276 g/mol. The fourth-order valence-electron chi connectivity index (χ4n) is 2.69. The van der Waals surface area contributed by atoms with E-state index in [9.17, 15) is 4.79 Å². The summed E-state index contributed by atoms with van der Waals surface area (Å²) in [6.07, 6.45) is 4.00. The average Bonchev–Trinajstić information content (AvgIpc) is 3.10. The summed E-state index contributed by atoms with van der Waals surface area (Å²) in [7, 11) is 0. The van der Waals surface area contributed by atoms with Crippen LogP contribution in [-0.2, 0) is 0 Å². The van der Waals surface area contributed by atoms with Gasteiger partial charge in [-0.15, -0.1) is 0 Å². The van der Waals surface area contributed by atoms with Crippen molar-refractivity contribution in [3.8, 4) is 5.69 Å². The Balaban J connectivity index is 1.58. The first kappa shape index (κ1) is 14.7. The van der Waals surface area contributed by atoms with Crippen LogP contribution in [-0.4, -0.2) is 53.1 Å². The van der Waals surface area contributed by atoms with Gasteiger partial charge in [-0.05, 0) is 42.9 Å². The van der Waals surface area contributed by atoms with Crippen molar-refractivity contribution in [1.82, 2.24) is 14.4 Å². The number of aromatic nitrogens is 1. The van der Waals surface area contributed by atoms with Crippen molar-refractivity contribution in [3.05, 3.63) is 48.8 Å². The van der Waals surface area contributed by atoms with Gasteiger partial charge < -0.3 is 19.7 Å². The summed E-state index contributed by atoms with van der Waals surface area (Å²) in [5.41, 5.74) is 1.92.